The number of hydrogen-bond acceptors (Lipinski definition) is 8. The van der Waals surface area contributed by atoms with Crippen molar-refractivity contribution >= 4 is 27.7 Å². The maximum absolute atomic E-state index is 14.2. The maximum atomic E-state index is 14.2. The van der Waals surface area contributed by atoms with Gasteiger partial charge in [0.05, 0.1) is 52.3 Å². The number of carbonyl (C=O) groups excluding carboxylic acids is 1. The molecule has 2 aromatic carbocycles. The van der Waals surface area contributed by atoms with Crippen LogP contribution in [0, 0.1) is 0 Å². The second kappa shape index (κ2) is 14.4. The third-order valence-electron chi connectivity index (χ3n) is 8.36. The lowest BCUT2D eigenvalue weighted by molar-refractivity contribution is -0.143. The summed E-state index contributed by atoms with van der Waals surface area (Å²) in [7, 11) is 1.34. The number of carbonyl (C=O) groups is 1. The van der Waals surface area contributed by atoms with E-state index >= 15 is 0 Å². The Labute approximate surface area is 291 Å². The predicted molar refractivity (Wildman–Crippen MR) is 174 cm³/mol. The van der Waals surface area contributed by atoms with Crippen molar-refractivity contribution in [3.05, 3.63) is 105 Å². The molecule has 16 heteroatoms. The Morgan fingerprint density at radius 1 is 1.02 bits per heavy atom. The Morgan fingerprint density at radius 3 is 2.26 bits per heavy atom. The molecule has 5 rings (SSSR count). The molecular formula is C34H32BrF6N5O4. The van der Waals surface area contributed by atoms with Crippen molar-refractivity contribution in [2.75, 3.05) is 18.6 Å². The van der Waals surface area contributed by atoms with Crippen LogP contribution < -0.4 is 20.1 Å². The smallest absolute Gasteiger partial charge is 0.416 e. The summed E-state index contributed by atoms with van der Waals surface area (Å²) in [6.45, 7) is 3.34. The number of methoxy groups -OCH3 is 1. The van der Waals surface area contributed by atoms with Gasteiger partial charge in [-0.2, -0.15) is 31.3 Å². The Balaban J connectivity index is 1.79. The fourth-order valence-electron chi connectivity index (χ4n) is 5.94. The Kier molecular flexibility index (Phi) is 10.6. The summed E-state index contributed by atoms with van der Waals surface area (Å²) < 4.78 is 102. The standard InChI is InChI=1S/C34H32BrF6N5O4/c1-4-32(42)16-23(28-25(11-12-26(44-28)48-3)46(32)31(47)49-5-2)27(20-13-21(33(36,37)38)15-22(14-20)34(39,40)41)29-43-17-24(35)30(45-29)50-18-19-9-7-6-8-10-19/h6-15,17,23,27H,4-5,16,18,42H2,1-3H3/t23-,27?,32+/m0/s1. The van der Waals surface area contributed by atoms with Gasteiger partial charge >= 0.3 is 18.4 Å². The number of halogens is 7. The van der Waals surface area contributed by atoms with Gasteiger partial charge in [0.25, 0.3) is 0 Å². The second-order valence-electron chi connectivity index (χ2n) is 11.5. The first-order chi connectivity index (χ1) is 23.6. The Bertz CT molecular complexity index is 1810. The normalized spacial score (nSPS) is 18.3. The molecule has 1 amide bonds. The van der Waals surface area contributed by atoms with E-state index in [1.165, 1.54) is 30.3 Å². The van der Waals surface area contributed by atoms with E-state index in [-0.39, 0.29) is 65.6 Å². The molecule has 2 aromatic heterocycles. The SMILES string of the molecule is CCOC(=O)N1c2ccc(OC)nc2[C@H](C(c2cc(C(F)(F)F)cc(C(F)(F)F)c2)c2ncc(Br)c(OCc3ccccc3)n2)C[C@@]1(N)CC. The maximum Gasteiger partial charge on any atom is 0.416 e. The topological polar surface area (TPSA) is 113 Å². The predicted octanol–water partition coefficient (Wildman–Crippen LogP) is 8.61. The minimum Gasteiger partial charge on any atom is -0.481 e. The molecule has 4 aromatic rings. The molecule has 1 aliphatic rings. The number of pyridine rings is 1. The number of aromatic nitrogens is 3. The summed E-state index contributed by atoms with van der Waals surface area (Å²) in [6.07, 6.45) is -9.87. The van der Waals surface area contributed by atoms with Crippen LogP contribution in [0.3, 0.4) is 0 Å². The molecule has 0 saturated carbocycles. The molecule has 3 atom stereocenters. The van der Waals surface area contributed by atoms with Gasteiger partial charge < -0.3 is 19.9 Å². The summed E-state index contributed by atoms with van der Waals surface area (Å²) in [5, 5.41) is 0. The monoisotopic (exact) mass is 767 g/mol. The second-order valence-corrected chi connectivity index (χ2v) is 12.4. The highest BCUT2D eigenvalue weighted by Crippen LogP contribution is 2.52. The lowest BCUT2D eigenvalue weighted by Gasteiger charge is -2.48. The number of nitrogens with two attached hydrogens (primary N) is 1. The summed E-state index contributed by atoms with van der Waals surface area (Å²) in [4.78, 5) is 28.1. The third-order valence-corrected chi connectivity index (χ3v) is 8.90. The molecule has 0 spiro atoms. The zero-order chi connectivity index (χ0) is 36.4. The third kappa shape index (κ3) is 7.65. The van der Waals surface area contributed by atoms with Crippen molar-refractivity contribution in [2.45, 2.75) is 63.1 Å². The van der Waals surface area contributed by atoms with Gasteiger partial charge in [-0.3, -0.25) is 4.90 Å². The number of fused-ring (bicyclic) bond motifs is 1. The zero-order valence-electron chi connectivity index (χ0n) is 27.0. The van der Waals surface area contributed by atoms with Crippen LogP contribution in [-0.4, -0.2) is 40.4 Å². The number of hydrogen-bond donors (Lipinski definition) is 1. The van der Waals surface area contributed by atoms with Crippen molar-refractivity contribution < 1.29 is 45.3 Å². The molecular weight excluding hydrogens is 736 g/mol. The molecule has 0 fully saturated rings. The van der Waals surface area contributed by atoms with Crippen molar-refractivity contribution in [2.24, 2.45) is 5.73 Å². The first kappa shape index (κ1) is 36.8. The number of anilines is 1. The highest BCUT2D eigenvalue weighted by molar-refractivity contribution is 9.10. The molecule has 0 bridgehead atoms. The van der Waals surface area contributed by atoms with Crippen LogP contribution in [0.4, 0.5) is 36.8 Å². The molecule has 0 saturated heterocycles. The van der Waals surface area contributed by atoms with Crippen LogP contribution in [0.2, 0.25) is 0 Å². The average Bonchev–Trinajstić information content (AvgIpc) is 3.08. The summed E-state index contributed by atoms with van der Waals surface area (Å²) >= 11 is 3.34. The number of amides is 1. The highest BCUT2D eigenvalue weighted by atomic mass is 79.9. The van der Waals surface area contributed by atoms with Crippen molar-refractivity contribution in [3.8, 4) is 11.8 Å². The first-order valence-corrected chi connectivity index (χ1v) is 16.2. The van der Waals surface area contributed by atoms with E-state index in [1.54, 1.807) is 38.1 Å². The van der Waals surface area contributed by atoms with Crippen molar-refractivity contribution in [1.29, 1.82) is 0 Å². The van der Waals surface area contributed by atoms with E-state index in [1.807, 2.05) is 6.07 Å². The van der Waals surface area contributed by atoms with Gasteiger partial charge in [-0.1, -0.05) is 37.3 Å². The van der Waals surface area contributed by atoms with Gasteiger partial charge in [0.15, 0.2) is 0 Å². The van der Waals surface area contributed by atoms with E-state index in [0.717, 1.165) is 5.56 Å². The lowest BCUT2D eigenvalue weighted by atomic mass is 9.73. The quantitative estimate of drug-likeness (QED) is 0.169. The minimum atomic E-state index is -5.14. The zero-order valence-corrected chi connectivity index (χ0v) is 28.6. The lowest BCUT2D eigenvalue weighted by Crippen LogP contribution is -2.62. The number of ether oxygens (including phenoxy) is 3. The van der Waals surface area contributed by atoms with Crippen LogP contribution in [0.1, 0.15) is 72.3 Å². The summed E-state index contributed by atoms with van der Waals surface area (Å²) in [5.41, 5.74) is 2.91. The van der Waals surface area contributed by atoms with Gasteiger partial charge in [0.2, 0.25) is 11.8 Å². The van der Waals surface area contributed by atoms with Crippen LogP contribution >= 0.6 is 15.9 Å². The minimum absolute atomic E-state index is 0.00302. The van der Waals surface area contributed by atoms with Crippen LogP contribution in [0.15, 0.2) is 71.3 Å². The van der Waals surface area contributed by atoms with Gasteiger partial charge in [-0.15, -0.1) is 0 Å². The van der Waals surface area contributed by atoms with Crippen LogP contribution in [0.5, 0.6) is 11.8 Å². The molecule has 0 radical (unpaired) electrons. The van der Waals surface area contributed by atoms with Gasteiger partial charge in [0.1, 0.15) is 12.4 Å². The number of benzene rings is 2. The van der Waals surface area contributed by atoms with Gasteiger partial charge in [-0.05, 0) is 71.1 Å². The highest BCUT2D eigenvalue weighted by Gasteiger charge is 2.50. The number of alkyl halides is 6. The van der Waals surface area contributed by atoms with Gasteiger partial charge in [0, 0.05) is 18.2 Å². The molecule has 3 heterocycles. The van der Waals surface area contributed by atoms with Crippen molar-refractivity contribution in [1.82, 2.24) is 15.0 Å². The molecule has 50 heavy (non-hydrogen) atoms. The van der Waals surface area contributed by atoms with Crippen LogP contribution in [-0.2, 0) is 23.7 Å². The molecule has 0 aliphatic carbocycles. The van der Waals surface area contributed by atoms with E-state index in [4.69, 9.17) is 19.9 Å². The van der Waals surface area contributed by atoms with E-state index in [0.29, 0.717) is 12.1 Å². The molecule has 1 unspecified atom stereocenters. The Morgan fingerprint density at radius 2 is 1.68 bits per heavy atom. The number of nitrogens with zero attached hydrogens (tertiary/aromatic N) is 4. The van der Waals surface area contributed by atoms with E-state index in [2.05, 4.69) is 30.9 Å². The fourth-order valence-corrected chi connectivity index (χ4v) is 6.25. The molecule has 2 N–H and O–H groups in total. The van der Waals surface area contributed by atoms with E-state index < -0.39 is 52.6 Å². The molecule has 266 valence electrons. The Hall–Kier alpha value is -4.44. The largest absolute Gasteiger partial charge is 0.481 e. The first-order valence-electron chi connectivity index (χ1n) is 15.4. The molecule has 9 nitrogen and oxygen atoms in total. The van der Waals surface area contributed by atoms with Crippen LogP contribution in [0.25, 0.3) is 0 Å². The van der Waals surface area contributed by atoms with Gasteiger partial charge in [-0.25, -0.2) is 14.8 Å². The van der Waals surface area contributed by atoms with E-state index in [9.17, 15) is 31.1 Å². The molecule has 1 aliphatic heterocycles. The van der Waals surface area contributed by atoms with Crippen molar-refractivity contribution in [3.63, 3.8) is 0 Å². The average molecular weight is 769 g/mol. The number of rotatable bonds is 9. The summed E-state index contributed by atoms with van der Waals surface area (Å²) in [5.74, 6) is -2.64. The summed E-state index contributed by atoms with van der Waals surface area (Å²) in [6, 6.07) is 13.3. The fraction of sp³-hybridized carbons (Fsp3) is 0.353.